The molecule has 1 aromatic heterocycles. The Morgan fingerprint density at radius 1 is 1.48 bits per heavy atom. The predicted molar refractivity (Wildman–Crippen MR) is 77.7 cm³/mol. The fourth-order valence-electron chi connectivity index (χ4n) is 2.39. The summed E-state index contributed by atoms with van der Waals surface area (Å²) in [6.07, 6.45) is 4.22. The molecular weight excluding hydrogens is 290 g/mol. The van der Waals surface area contributed by atoms with Crippen LogP contribution >= 0.6 is 0 Å². The molecule has 1 N–H and O–H groups in total. The molecule has 7 heteroatoms. The first-order valence-electron chi connectivity index (χ1n) is 6.80. The Balaban J connectivity index is 1.74. The van der Waals surface area contributed by atoms with Gasteiger partial charge in [-0.15, -0.1) is 0 Å². The second kappa shape index (κ2) is 5.50. The Hall–Kier alpha value is -1.86. The topological polar surface area (TPSA) is 73.2 Å². The first kappa shape index (κ1) is 14.1. The largest absolute Gasteiger partial charge is 0.493 e. The third kappa shape index (κ3) is 3.08. The van der Waals surface area contributed by atoms with Crippen molar-refractivity contribution in [2.75, 3.05) is 6.61 Å². The number of hydrogen-bond donors (Lipinski definition) is 1. The maximum atomic E-state index is 12.4. The van der Waals surface area contributed by atoms with Crippen LogP contribution in [0.4, 0.5) is 0 Å². The summed E-state index contributed by atoms with van der Waals surface area (Å²) >= 11 is 0. The Bertz CT molecular complexity index is 726. The van der Waals surface area contributed by atoms with Gasteiger partial charge in [-0.05, 0) is 36.8 Å². The van der Waals surface area contributed by atoms with Crippen molar-refractivity contribution in [2.45, 2.75) is 30.8 Å². The SMILES string of the molecule is CC(Cn1cccn1)NS(=O)(=O)c1ccc2c(c1)CCO2. The predicted octanol–water partition coefficient (Wildman–Crippen LogP) is 1.19. The van der Waals surface area contributed by atoms with Crippen LogP contribution in [0, 0.1) is 0 Å². The van der Waals surface area contributed by atoms with Crippen molar-refractivity contribution in [2.24, 2.45) is 0 Å². The first-order chi connectivity index (χ1) is 10.0. The Kier molecular flexibility index (Phi) is 3.69. The molecule has 21 heavy (non-hydrogen) atoms. The van der Waals surface area contributed by atoms with Crippen molar-refractivity contribution in [3.05, 3.63) is 42.2 Å². The molecule has 2 heterocycles. The maximum absolute atomic E-state index is 12.4. The average molecular weight is 307 g/mol. The highest BCUT2D eigenvalue weighted by Gasteiger charge is 2.21. The van der Waals surface area contributed by atoms with E-state index in [9.17, 15) is 8.42 Å². The maximum Gasteiger partial charge on any atom is 0.240 e. The van der Waals surface area contributed by atoms with Crippen molar-refractivity contribution in [1.82, 2.24) is 14.5 Å². The zero-order chi connectivity index (χ0) is 14.9. The minimum atomic E-state index is -3.53. The number of nitrogens with zero attached hydrogens (tertiary/aromatic N) is 2. The van der Waals surface area contributed by atoms with E-state index in [2.05, 4.69) is 9.82 Å². The number of sulfonamides is 1. The molecule has 0 amide bonds. The number of benzene rings is 1. The number of hydrogen-bond acceptors (Lipinski definition) is 4. The summed E-state index contributed by atoms with van der Waals surface area (Å²) in [5.41, 5.74) is 0.942. The van der Waals surface area contributed by atoms with E-state index in [-0.39, 0.29) is 10.9 Å². The van der Waals surface area contributed by atoms with Crippen LogP contribution in [-0.4, -0.2) is 30.8 Å². The summed E-state index contributed by atoms with van der Waals surface area (Å²) in [5, 5.41) is 4.07. The lowest BCUT2D eigenvalue weighted by atomic mass is 10.2. The van der Waals surface area contributed by atoms with E-state index in [1.807, 2.05) is 13.0 Å². The van der Waals surface area contributed by atoms with E-state index in [0.717, 1.165) is 17.7 Å². The molecule has 1 unspecified atom stereocenters. The van der Waals surface area contributed by atoms with Crippen molar-refractivity contribution in [1.29, 1.82) is 0 Å². The van der Waals surface area contributed by atoms with Crippen molar-refractivity contribution < 1.29 is 13.2 Å². The van der Waals surface area contributed by atoms with E-state index in [1.54, 1.807) is 35.3 Å². The van der Waals surface area contributed by atoms with E-state index in [1.165, 1.54) is 0 Å². The lowest BCUT2D eigenvalue weighted by molar-refractivity contribution is 0.356. The first-order valence-corrected chi connectivity index (χ1v) is 8.28. The summed E-state index contributed by atoms with van der Waals surface area (Å²) in [7, 11) is -3.53. The van der Waals surface area contributed by atoms with Crippen molar-refractivity contribution in [3.8, 4) is 5.75 Å². The van der Waals surface area contributed by atoms with Gasteiger partial charge in [-0.25, -0.2) is 13.1 Å². The minimum absolute atomic E-state index is 0.251. The fraction of sp³-hybridized carbons (Fsp3) is 0.357. The van der Waals surface area contributed by atoms with Gasteiger partial charge < -0.3 is 4.74 Å². The van der Waals surface area contributed by atoms with Gasteiger partial charge in [-0.3, -0.25) is 4.68 Å². The third-order valence-electron chi connectivity index (χ3n) is 3.35. The lowest BCUT2D eigenvalue weighted by Crippen LogP contribution is -2.35. The fourth-order valence-corrected chi connectivity index (χ4v) is 3.67. The van der Waals surface area contributed by atoms with E-state index in [4.69, 9.17) is 4.74 Å². The van der Waals surface area contributed by atoms with Crippen molar-refractivity contribution in [3.63, 3.8) is 0 Å². The Labute approximate surface area is 123 Å². The summed E-state index contributed by atoms with van der Waals surface area (Å²) in [6.45, 7) is 2.91. The second-order valence-electron chi connectivity index (χ2n) is 5.12. The van der Waals surface area contributed by atoms with Gasteiger partial charge in [0.1, 0.15) is 5.75 Å². The molecule has 1 aliphatic heterocycles. The molecule has 1 aromatic carbocycles. The van der Waals surface area contributed by atoms with Gasteiger partial charge >= 0.3 is 0 Å². The Morgan fingerprint density at radius 3 is 3.10 bits per heavy atom. The normalized spacial score (nSPS) is 15.5. The average Bonchev–Trinajstić information content (AvgIpc) is 3.07. The standard InChI is InChI=1S/C14H17N3O3S/c1-11(10-17-7-2-6-15-17)16-21(18,19)13-3-4-14-12(9-13)5-8-20-14/h2-4,6-7,9,11,16H,5,8,10H2,1H3. The number of ether oxygens (including phenoxy) is 1. The second-order valence-corrected chi connectivity index (χ2v) is 6.83. The van der Waals surface area contributed by atoms with Crippen molar-refractivity contribution >= 4 is 10.0 Å². The molecule has 0 bridgehead atoms. The van der Waals surface area contributed by atoms with Gasteiger partial charge in [0.15, 0.2) is 0 Å². The number of rotatable bonds is 5. The van der Waals surface area contributed by atoms with Crippen LogP contribution in [0.1, 0.15) is 12.5 Å². The molecule has 2 aromatic rings. The smallest absolute Gasteiger partial charge is 0.240 e. The molecule has 3 rings (SSSR count). The zero-order valence-corrected chi connectivity index (χ0v) is 12.5. The molecule has 6 nitrogen and oxygen atoms in total. The summed E-state index contributed by atoms with van der Waals surface area (Å²) < 4.78 is 34.5. The number of fused-ring (bicyclic) bond motifs is 1. The summed E-state index contributed by atoms with van der Waals surface area (Å²) in [5.74, 6) is 0.776. The highest BCUT2D eigenvalue weighted by Crippen LogP contribution is 2.27. The van der Waals surface area contributed by atoms with Crippen LogP contribution in [0.3, 0.4) is 0 Å². The highest BCUT2D eigenvalue weighted by atomic mass is 32.2. The molecule has 0 saturated heterocycles. The lowest BCUT2D eigenvalue weighted by Gasteiger charge is -2.14. The minimum Gasteiger partial charge on any atom is -0.493 e. The molecule has 0 aliphatic carbocycles. The van der Waals surface area contributed by atoms with Crippen LogP contribution < -0.4 is 9.46 Å². The van der Waals surface area contributed by atoms with Crippen LogP contribution in [0.2, 0.25) is 0 Å². The van der Waals surface area contributed by atoms with Gasteiger partial charge in [-0.1, -0.05) is 0 Å². The molecule has 1 aliphatic rings. The molecule has 112 valence electrons. The molecule has 0 radical (unpaired) electrons. The van der Waals surface area contributed by atoms with Crippen LogP contribution in [0.25, 0.3) is 0 Å². The third-order valence-corrected chi connectivity index (χ3v) is 4.93. The van der Waals surface area contributed by atoms with Gasteiger partial charge in [0, 0.05) is 24.9 Å². The molecule has 0 fully saturated rings. The molecular formula is C14H17N3O3S. The van der Waals surface area contributed by atoms with E-state index >= 15 is 0 Å². The summed E-state index contributed by atoms with van der Waals surface area (Å²) in [4.78, 5) is 0.277. The van der Waals surface area contributed by atoms with Gasteiger partial charge in [0.25, 0.3) is 0 Å². The van der Waals surface area contributed by atoms with Gasteiger partial charge in [0.05, 0.1) is 18.0 Å². The molecule has 0 saturated carbocycles. The van der Waals surface area contributed by atoms with E-state index in [0.29, 0.717) is 13.2 Å². The quantitative estimate of drug-likeness (QED) is 0.900. The Morgan fingerprint density at radius 2 is 2.33 bits per heavy atom. The van der Waals surface area contributed by atoms with Crippen LogP contribution in [-0.2, 0) is 23.0 Å². The number of nitrogens with one attached hydrogen (secondary N) is 1. The van der Waals surface area contributed by atoms with E-state index < -0.39 is 10.0 Å². The monoisotopic (exact) mass is 307 g/mol. The number of aromatic nitrogens is 2. The summed E-state index contributed by atoms with van der Waals surface area (Å²) in [6, 6.07) is 6.54. The molecule has 1 atom stereocenters. The van der Waals surface area contributed by atoms with Gasteiger partial charge in [-0.2, -0.15) is 5.10 Å². The van der Waals surface area contributed by atoms with Crippen LogP contribution in [0.5, 0.6) is 5.75 Å². The zero-order valence-electron chi connectivity index (χ0n) is 11.7. The molecule has 0 spiro atoms. The van der Waals surface area contributed by atoms with Gasteiger partial charge in [0.2, 0.25) is 10.0 Å². The highest BCUT2D eigenvalue weighted by molar-refractivity contribution is 7.89. The van der Waals surface area contributed by atoms with Crippen LogP contribution in [0.15, 0.2) is 41.6 Å².